The highest BCUT2D eigenvalue weighted by Gasteiger charge is 2.36. The van der Waals surface area contributed by atoms with Crippen LogP contribution in [0, 0.1) is 0 Å². The molecule has 1 heterocycles. The van der Waals surface area contributed by atoms with Gasteiger partial charge in [0, 0.05) is 13.1 Å². The van der Waals surface area contributed by atoms with Crippen LogP contribution in [-0.4, -0.2) is 35.1 Å². The highest BCUT2D eigenvalue weighted by atomic mass is 16.3. The molecule has 1 amide bonds. The Hall–Kier alpha value is -1.35. The molecule has 19 heavy (non-hydrogen) atoms. The first-order chi connectivity index (χ1) is 8.95. The van der Waals surface area contributed by atoms with Gasteiger partial charge in [-0.3, -0.25) is 4.79 Å². The topological polar surface area (TPSA) is 40.5 Å². The molecular formula is C16H23NO2. The number of β-amino-alcohol motifs (C(OH)–C–C–N with tert-alkyl or cyclic N) is 1. The predicted octanol–water partition coefficient (Wildman–Crippen LogP) is 2.12. The lowest BCUT2D eigenvalue weighted by Crippen LogP contribution is -2.42. The third-order valence-electron chi connectivity index (χ3n) is 4.07. The van der Waals surface area contributed by atoms with Crippen LogP contribution >= 0.6 is 0 Å². The number of hydrogen-bond acceptors (Lipinski definition) is 2. The molecule has 1 saturated heterocycles. The molecule has 104 valence electrons. The first-order valence-electron chi connectivity index (χ1n) is 7.02. The van der Waals surface area contributed by atoms with Crippen molar-refractivity contribution in [3.05, 3.63) is 35.4 Å². The van der Waals surface area contributed by atoms with Gasteiger partial charge in [0.05, 0.1) is 11.5 Å². The first-order valence-corrected chi connectivity index (χ1v) is 7.02. The van der Waals surface area contributed by atoms with Crippen LogP contribution in [0.3, 0.4) is 0 Å². The third-order valence-corrected chi connectivity index (χ3v) is 4.07. The molecule has 0 unspecified atom stereocenters. The van der Waals surface area contributed by atoms with E-state index in [1.807, 2.05) is 26.0 Å². The van der Waals surface area contributed by atoms with Crippen LogP contribution in [0.2, 0.25) is 0 Å². The van der Waals surface area contributed by atoms with Gasteiger partial charge in [0.15, 0.2) is 0 Å². The molecule has 2 rings (SSSR count). The Labute approximate surface area is 115 Å². The number of benzene rings is 1. The minimum Gasteiger partial charge on any atom is -0.391 e. The Kier molecular flexibility index (Phi) is 3.95. The van der Waals surface area contributed by atoms with E-state index in [4.69, 9.17) is 0 Å². The number of amides is 1. The molecule has 1 aromatic rings. The van der Waals surface area contributed by atoms with Gasteiger partial charge in [-0.25, -0.2) is 0 Å². The van der Waals surface area contributed by atoms with Gasteiger partial charge < -0.3 is 10.0 Å². The van der Waals surface area contributed by atoms with E-state index in [9.17, 15) is 9.90 Å². The van der Waals surface area contributed by atoms with Crippen molar-refractivity contribution in [2.24, 2.45) is 0 Å². The van der Waals surface area contributed by atoms with Gasteiger partial charge in [0.2, 0.25) is 5.91 Å². The lowest BCUT2D eigenvalue weighted by molar-refractivity contribution is -0.135. The molecule has 1 N–H and O–H groups in total. The summed E-state index contributed by atoms with van der Waals surface area (Å²) in [5.74, 6) is 0.105. The summed E-state index contributed by atoms with van der Waals surface area (Å²) in [6, 6.07) is 8.26. The van der Waals surface area contributed by atoms with Gasteiger partial charge in [-0.2, -0.15) is 0 Å². The maximum absolute atomic E-state index is 12.6. The fourth-order valence-electron chi connectivity index (χ4n) is 2.60. The van der Waals surface area contributed by atoms with Crippen LogP contribution in [0.1, 0.15) is 38.3 Å². The zero-order valence-corrected chi connectivity index (χ0v) is 12.0. The first kappa shape index (κ1) is 14.1. The summed E-state index contributed by atoms with van der Waals surface area (Å²) in [7, 11) is 0. The predicted molar refractivity (Wildman–Crippen MR) is 76.0 cm³/mol. The highest BCUT2D eigenvalue weighted by Crippen LogP contribution is 2.27. The maximum atomic E-state index is 12.6. The normalized spacial score (nSPS) is 19.8. The fourth-order valence-corrected chi connectivity index (χ4v) is 2.60. The number of aliphatic hydroxyl groups excluding tert-OH is 1. The quantitative estimate of drug-likeness (QED) is 0.905. The largest absolute Gasteiger partial charge is 0.391 e. The lowest BCUT2D eigenvalue weighted by atomic mass is 9.82. The van der Waals surface area contributed by atoms with Gasteiger partial charge in [-0.05, 0) is 37.8 Å². The zero-order chi connectivity index (χ0) is 14.0. The maximum Gasteiger partial charge on any atom is 0.232 e. The zero-order valence-electron chi connectivity index (χ0n) is 12.0. The second kappa shape index (κ2) is 5.33. The summed E-state index contributed by atoms with van der Waals surface area (Å²) in [6.07, 6.45) is 1.34. The summed E-state index contributed by atoms with van der Waals surface area (Å²) in [5.41, 5.74) is 1.79. The second-order valence-electron chi connectivity index (χ2n) is 5.87. The van der Waals surface area contributed by atoms with Crippen LogP contribution in [-0.2, 0) is 16.6 Å². The van der Waals surface area contributed by atoms with E-state index in [0.29, 0.717) is 19.5 Å². The van der Waals surface area contributed by atoms with Crippen LogP contribution in [0.25, 0.3) is 0 Å². The van der Waals surface area contributed by atoms with Crippen LogP contribution in [0.5, 0.6) is 0 Å². The summed E-state index contributed by atoms with van der Waals surface area (Å²) < 4.78 is 0. The Morgan fingerprint density at radius 2 is 2.00 bits per heavy atom. The molecule has 1 aliphatic heterocycles. The molecule has 0 saturated carbocycles. The fraction of sp³-hybridized carbons (Fsp3) is 0.562. The number of carbonyl (C=O) groups is 1. The van der Waals surface area contributed by atoms with Crippen molar-refractivity contribution < 1.29 is 9.90 Å². The van der Waals surface area contributed by atoms with Crippen molar-refractivity contribution in [1.29, 1.82) is 0 Å². The Bertz CT molecular complexity index is 450. The van der Waals surface area contributed by atoms with E-state index in [-0.39, 0.29) is 12.0 Å². The number of aryl methyl sites for hydroxylation is 1. The number of nitrogens with zero attached hydrogens (tertiary/aromatic N) is 1. The van der Waals surface area contributed by atoms with Gasteiger partial charge in [0.25, 0.3) is 0 Å². The third kappa shape index (κ3) is 2.81. The van der Waals surface area contributed by atoms with E-state index >= 15 is 0 Å². The Balaban J connectivity index is 2.18. The molecule has 0 spiro atoms. The molecule has 0 bridgehead atoms. The van der Waals surface area contributed by atoms with E-state index < -0.39 is 5.41 Å². The van der Waals surface area contributed by atoms with Crippen molar-refractivity contribution in [2.75, 3.05) is 13.1 Å². The molecule has 0 aliphatic carbocycles. The van der Waals surface area contributed by atoms with Crippen LogP contribution in [0.15, 0.2) is 24.3 Å². The molecule has 1 aromatic carbocycles. The molecule has 1 atom stereocenters. The van der Waals surface area contributed by atoms with Crippen molar-refractivity contribution in [1.82, 2.24) is 4.90 Å². The summed E-state index contributed by atoms with van der Waals surface area (Å²) in [5, 5.41) is 9.56. The van der Waals surface area contributed by atoms with Crippen molar-refractivity contribution in [3.63, 3.8) is 0 Å². The monoisotopic (exact) mass is 261 g/mol. The van der Waals surface area contributed by atoms with Gasteiger partial charge in [-0.1, -0.05) is 31.2 Å². The number of rotatable bonds is 3. The minimum absolute atomic E-state index is 0.105. The molecule has 1 aliphatic rings. The molecule has 0 radical (unpaired) electrons. The van der Waals surface area contributed by atoms with Crippen molar-refractivity contribution in [2.45, 2.75) is 45.1 Å². The molecule has 0 aromatic heterocycles. The van der Waals surface area contributed by atoms with Crippen LogP contribution in [0.4, 0.5) is 0 Å². The summed E-state index contributed by atoms with van der Waals surface area (Å²) >= 11 is 0. The number of carbonyl (C=O) groups excluding carboxylic acids is 1. The van der Waals surface area contributed by atoms with Crippen molar-refractivity contribution >= 4 is 5.91 Å². The van der Waals surface area contributed by atoms with Gasteiger partial charge in [0.1, 0.15) is 0 Å². The van der Waals surface area contributed by atoms with E-state index in [0.717, 1.165) is 12.0 Å². The van der Waals surface area contributed by atoms with Gasteiger partial charge >= 0.3 is 0 Å². The second-order valence-corrected chi connectivity index (χ2v) is 5.87. The number of likely N-dealkylation sites (tertiary alicyclic amines) is 1. The lowest BCUT2D eigenvalue weighted by Gasteiger charge is -2.29. The molecular weight excluding hydrogens is 238 g/mol. The minimum atomic E-state index is -0.531. The molecule has 3 nitrogen and oxygen atoms in total. The average molecular weight is 261 g/mol. The standard InChI is InChI=1S/C16H23NO2/c1-4-12-5-7-13(8-6-12)16(2,3)15(19)17-10-9-14(18)11-17/h5-8,14,18H,4,9-11H2,1-3H3/t14-/m1/s1. The number of hydrogen-bond donors (Lipinski definition) is 1. The van der Waals surface area contributed by atoms with Gasteiger partial charge in [-0.15, -0.1) is 0 Å². The van der Waals surface area contributed by atoms with Crippen LogP contribution < -0.4 is 0 Å². The van der Waals surface area contributed by atoms with Crippen molar-refractivity contribution in [3.8, 4) is 0 Å². The average Bonchev–Trinajstić information content (AvgIpc) is 2.84. The number of aliphatic hydroxyl groups is 1. The molecule has 1 fully saturated rings. The Morgan fingerprint density at radius 1 is 1.37 bits per heavy atom. The molecule has 3 heteroatoms. The SMILES string of the molecule is CCc1ccc(C(C)(C)C(=O)N2CC[C@@H](O)C2)cc1. The van der Waals surface area contributed by atoms with E-state index in [1.54, 1.807) is 4.90 Å². The summed E-state index contributed by atoms with van der Waals surface area (Å²) in [4.78, 5) is 14.4. The van der Waals surface area contributed by atoms with E-state index in [1.165, 1.54) is 5.56 Å². The Morgan fingerprint density at radius 3 is 2.47 bits per heavy atom. The summed E-state index contributed by atoms with van der Waals surface area (Å²) in [6.45, 7) is 7.17. The smallest absolute Gasteiger partial charge is 0.232 e. The van der Waals surface area contributed by atoms with E-state index in [2.05, 4.69) is 19.1 Å². The highest BCUT2D eigenvalue weighted by molar-refractivity contribution is 5.87.